The minimum atomic E-state index is -0.539. The number of hydrogen-bond donors (Lipinski definition) is 2. The van der Waals surface area contributed by atoms with E-state index in [0.29, 0.717) is 11.4 Å². The minimum absolute atomic E-state index is 0.0538. The Bertz CT molecular complexity index is 1050. The number of hydrogen-bond acceptors (Lipinski definition) is 5. The van der Waals surface area contributed by atoms with E-state index < -0.39 is 11.8 Å². The van der Waals surface area contributed by atoms with Crippen LogP contribution in [-0.4, -0.2) is 54.4 Å². The highest BCUT2D eigenvalue weighted by Crippen LogP contribution is 2.22. The number of aromatic nitrogens is 2. The average molecular weight is 441 g/mol. The number of anilines is 3. The smallest absolute Gasteiger partial charge is 0.323 e. The molecule has 0 saturated carbocycles. The number of urea groups is 1. The standard InChI is InChI=1S/C22H22ClFN6O/c1-29-10-12-30(13-11-29)21-9-8-20(27-28-21)15-2-4-16(5-3-15)25-22(31)26-17-6-7-19(24)18(23)14-17/h2-9,14H,10-13H2,1H3,(H2,25,26,31). The third kappa shape index (κ3) is 5.28. The highest BCUT2D eigenvalue weighted by molar-refractivity contribution is 6.31. The third-order valence-electron chi connectivity index (χ3n) is 5.09. The van der Waals surface area contributed by atoms with Crippen LogP contribution >= 0.6 is 11.6 Å². The summed E-state index contributed by atoms with van der Waals surface area (Å²) >= 11 is 5.73. The largest absolute Gasteiger partial charge is 0.353 e. The first kappa shape index (κ1) is 21.0. The van der Waals surface area contributed by atoms with E-state index >= 15 is 0 Å². The first-order valence-corrected chi connectivity index (χ1v) is 10.3. The van der Waals surface area contributed by atoms with E-state index in [-0.39, 0.29) is 5.02 Å². The number of carbonyl (C=O) groups is 1. The number of likely N-dealkylation sites (N-methyl/N-ethyl adjacent to an activating group) is 1. The average Bonchev–Trinajstić information content (AvgIpc) is 2.77. The molecule has 1 aliphatic heterocycles. The molecule has 0 atom stereocenters. The summed E-state index contributed by atoms with van der Waals surface area (Å²) in [5.74, 6) is 0.343. The van der Waals surface area contributed by atoms with E-state index in [9.17, 15) is 9.18 Å². The zero-order valence-corrected chi connectivity index (χ0v) is 17.7. The molecule has 0 unspecified atom stereocenters. The summed E-state index contributed by atoms with van der Waals surface area (Å²) < 4.78 is 13.2. The van der Waals surface area contributed by atoms with Gasteiger partial charge < -0.3 is 20.4 Å². The van der Waals surface area contributed by atoms with Gasteiger partial charge in [0, 0.05) is 43.1 Å². The molecule has 0 bridgehead atoms. The summed E-state index contributed by atoms with van der Waals surface area (Å²) in [6, 6.07) is 14.8. The molecule has 9 heteroatoms. The number of rotatable bonds is 4. The van der Waals surface area contributed by atoms with Crippen molar-refractivity contribution in [2.75, 3.05) is 48.8 Å². The summed E-state index contributed by atoms with van der Waals surface area (Å²) in [6.45, 7) is 3.91. The lowest BCUT2D eigenvalue weighted by Gasteiger charge is -2.32. The molecular formula is C22H22ClFN6O. The summed E-state index contributed by atoms with van der Waals surface area (Å²) in [5.41, 5.74) is 2.66. The number of benzene rings is 2. The van der Waals surface area contributed by atoms with E-state index in [1.807, 2.05) is 24.3 Å². The highest BCUT2D eigenvalue weighted by Gasteiger charge is 2.15. The molecule has 2 heterocycles. The maximum atomic E-state index is 13.2. The first-order chi connectivity index (χ1) is 15.0. The monoisotopic (exact) mass is 440 g/mol. The Morgan fingerprint density at radius 3 is 2.26 bits per heavy atom. The van der Waals surface area contributed by atoms with Gasteiger partial charge in [-0.15, -0.1) is 10.2 Å². The molecule has 0 aliphatic carbocycles. The Kier molecular flexibility index (Phi) is 6.29. The van der Waals surface area contributed by atoms with Crippen molar-refractivity contribution in [3.63, 3.8) is 0 Å². The van der Waals surface area contributed by atoms with Gasteiger partial charge in [-0.1, -0.05) is 23.7 Å². The van der Waals surface area contributed by atoms with Crippen LogP contribution in [0.2, 0.25) is 5.02 Å². The van der Waals surface area contributed by atoms with Gasteiger partial charge in [0.1, 0.15) is 5.82 Å². The molecule has 0 radical (unpaired) electrons. The van der Waals surface area contributed by atoms with Crippen LogP contribution in [0.3, 0.4) is 0 Å². The Balaban J connectivity index is 1.36. The molecule has 1 aliphatic rings. The van der Waals surface area contributed by atoms with Gasteiger partial charge in [-0.05, 0) is 49.5 Å². The highest BCUT2D eigenvalue weighted by atomic mass is 35.5. The van der Waals surface area contributed by atoms with Gasteiger partial charge in [0.15, 0.2) is 5.82 Å². The van der Waals surface area contributed by atoms with Crippen molar-refractivity contribution in [2.24, 2.45) is 0 Å². The Hall–Kier alpha value is -3.23. The van der Waals surface area contributed by atoms with E-state index in [1.165, 1.54) is 18.2 Å². The molecule has 1 aromatic heterocycles. The minimum Gasteiger partial charge on any atom is -0.353 e. The van der Waals surface area contributed by atoms with Gasteiger partial charge in [-0.25, -0.2) is 9.18 Å². The second kappa shape index (κ2) is 9.28. The lowest BCUT2D eigenvalue weighted by atomic mass is 10.1. The quantitative estimate of drug-likeness (QED) is 0.631. The van der Waals surface area contributed by atoms with Gasteiger partial charge in [-0.2, -0.15) is 0 Å². The number of piperazine rings is 1. The molecule has 160 valence electrons. The molecule has 2 N–H and O–H groups in total. The number of halogens is 2. The molecule has 2 aromatic carbocycles. The number of amides is 2. The van der Waals surface area contributed by atoms with Crippen molar-refractivity contribution in [1.29, 1.82) is 0 Å². The summed E-state index contributed by atoms with van der Waals surface area (Å²) in [4.78, 5) is 16.7. The fourth-order valence-corrected chi connectivity index (χ4v) is 3.46. The van der Waals surface area contributed by atoms with Crippen LogP contribution in [0.5, 0.6) is 0 Å². The zero-order chi connectivity index (χ0) is 21.8. The Morgan fingerprint density at radius 2 is 1.61 bits per heavy atom. The van der Waals surface area contributed by atoms with Crippen LogP contribution in [0, 0.1) is 5.82 Å². The summed E-state index contributed by atoms with van der Waals surface area (Å²) in [5, 5.41) is 14.0. The van der Waals surface area contributed by atoms with Crippen LogP contribution in [-0.2, 0) is 0 Å². The first-order valence-electron chi connectivity index (χ1n) is 9.89. The molecule has 4 rings (SSSR count). The Labute approximate surface area is 184 Å². The molecule has 2 amide bonds. The normalized spacial score (nSPS) is 14.4. The second-order valence-corrected chi connectivity index (χ2v) is 7.76. The third-order valence-corrected chi connectivity index (χ3v) is 5.38. The molecule has 1 fully saturated rings. The van der Waals surface area contributed by atoms with Gasteiger partial charge in [-0.3, -0.25) is 0 Å². The molecule has 7 nitrogen and oxygen atoms in total. The fourth-order valence-electron chi connectivity index (χ4n) is 3.28. The van der Waals surface area contributed by atoms with Crippen LogP contribution in [0.4, 0.5) is 26.4 Å². The van der Waals surface area contributed by atoms with Crippen molar-refractivity contribution < 1.29 is 9.18 Å². The van der Waals surface area contributed by atoms with Crippen LogP contribution < -0.4 is 15.5 Å². The maximum Gasteiger partial charge on any atom is 0.323 e. The molecule has 3 aromatic rings. The number of nitrogens with one attached hydrogen (secondary N) is 2. The van der Waals surface area contributed by atoms with Crippen LogP contribution in [0.1, 0.15) is 0 Å². The molecule has 31 heavy (non-hydrogen) atoms. The number of nitrogens with zero attached hydrogens (tertiary/aromatic N) is 4. The van der Waals surface area contributed by atoms with E-state index in [1.54, 1.807) is 12.1 Å². The lowest BCUT2D eigenvalue weighted by molar-refractivity contribution is 0.262. The summed E-state index contributed by atoms with van der Waals surface area (Å²) in [7, 11) is 2.12. The van der Waals surface area contributed by atoms with E-state index in [2.05, 4.69) is 37.7 Å². The van der Waals surface area contributed by atoms with Crippen LogP contribution in [0.25, 0.3) is 11.3 Å². The van der Waals surface area contributed by atoms with Crippen molar-refractivity contribution in [3.8, 4) is 11.3 Å². The summed E-state index contributed by atoms with van der Waals surface area (Å²) in [6.07, 6.45) is 0. The van der Waals surface area contributed by atoms with Gasteiger partial charge >= 0.3 is 6.03 Å². The zero-order valence-electron chi connectivity index (χ0n) is 17.0. The number of carbonyl (C=O) groups excluding carboxylic acids is 1. The fraction of sp³-hybridized carbons (Fsp3) is 0.227. The molecule has 0 spiro atoms. The predicted octanol–water partition coefficient (Wildman–Crippen LogP) is 4.33. The van der Waals surface area contributed by atoms with Crippen LogP contribution in [0.15, 0.2) is 54.6 Å². The van der Waals surface area contributed by atoms with Crippen molar-refractivity contribution in [1.82, 2.24) is 15.1 Å². The molecule has 1 saturated heterocycles. The van der Waals surface area contributed by atoms with Gasteiger partial charge in [0.25, 0.3) is 0 Å². The lowest BCUT2D eigenvalue weighted by Crippen LogP contribution is -2.44. The van der Waals surface area contributed by atoms with Crippen molar-refractivity contribution in [2.45, 2.75) is 0 Å². The van der Waals surface area contributed by atoms with Gasteiger partial charge in [0.05, 0.1) is 10.7 Å². The van der Waals surface area contributed by atoms with E-state index in [4.69, 9.17) is 11.6 Å². The van der Waals surface area contributed by atoms with Crippen molar-refractivity contribution in [3.05, 3.63) is 65.4 Å². The SMILES string of the molecule is CN1CCN(c2ccc(-c3ccc(NC(=O)Nc4ccc(F)c(Cl)c4)cc3)nn2)CC1. The van der Waals surface area contributed by atoms with E-state index in [0.717, 1.165) is 43.3 Å². The van der Waals surface area contributed by atoms with Crippen molar-refractivity contribution >= 4 is 34.8 Å². The second-order valence-electron chi connectivity index (χ2n) is 7.35. The van der Waals surface area contributed by atoms with Gasteiger partial charge in [0.2, 0.25) is 0 Å². The molecular weight excluding hydrogens is 419 g/mol. The predicted molar refractivity (Wildman–Crippen MR) is 121 cm³/mol. The Morgan fingerprint density at radius 1 is 0.935 bits per heavy atom. The maximum absolute atomic E-state index is 13.2. The topological polar surface area (TPSA) is 73.4 Å².